The summed E-state index contributed by atoms with van der Waals surface area (Å²) in [4.78, 5) is 33.7. The molecule has 218 valence electrons. The number of aliphatic hydroxyl groups is 1. The number of fused-ring (bicyclic) bond motifs is 1. The zero-order valence-corrected chi connectivity index (χ0v) is 23.6. The minimum absolute atomic E-state index is 0.0686. The Kier molecular flexibility index (Phi) is 7.84. The highest BCUT2D eigenvalue weighted by atomic mass is 35.5. The second kappa shape index (κ2) is 11.9. The third-order valence-electron chi connectivity index (χ3n) is 7.58. The van der Waals surface area contributed by atoms with Crippen LogP contribution in [0.25, 0.3) is 33.5 Å². The van der Waals surface area contributed by atoms with E-state index in [4.69, 9.17) is 16.3 Å². The van der Waals surface area contributed by atoms with Gasteiger partial charge >= 0.3 is 5.97 Å². The molecule has 5 aromatic rings. The van der Waals surface area contributed by atoms with Crippen LogP contribution in [0, 0.1) is 5.82 Å². The lowest BCUT2D eigenvalue weighted by Gasteiger charge is -2.29. The van der Waals surface area contributed by atoms with E-state index in [2.05, 4.69) is 9.97 Å². The van der Waals surface area contributed by atoms with Crippen molar-refractivity contribution in [3.63, 3.8) is 0 Å². The van der Waals surface area contributed by atoms with E-state index in [1.54, 1.807) is 47.4 Å². The van der Waals surface area contributed by atoms with Gasteiger partial charge in [-0.05, 0) is 84.1 Å². The Morgan fingerprint density at radius 1 is 0.953 bits per heavy atom. The first-order chi connectivity index (χ1) is 20.7. The molecule has 0 radical (unpaired) electrons. The number of hydrogen-bond donors (Lipinski definition) is 3. The molecule has 1 aliphatic heterocycles. The molecule has 0 aliphatic carbocycles. The fourth-order valence-corrected chi connectivity index (χ4v) is 5.34. The maximum atomic E-state index is 15.3. The minimum Gasteiger partial charge on any atom is -0.489 e. The number of aromatic amines is 1. The molecule has 0 unspecified atom stereocenters. The monoisotopic (exact) mass is 599 g/mol. The normalized spacial score (nSPS) is 13.8. The molecule has 0 atom stereocenters. The number of aliphatic hydroxyl groups excluding tert-OH is 1. The van der Waals surface area contributed by atoms with Gasteiger partial charge in [0.2, 0.25) is 0 Å². The van der Waals surface area contributed by atoms with Crippen LogP contribution in [-0.4, -0.2) is 56.2 Å². The standard InChI is InChI=1S/C33H27ClFN3O5/c34-23-5-1-19(2-6-23)26-8-3-20(32(40)38-13-11-24(39)12-14-38)15-22(26)18-43-25-7-9-27(28(35)17-25)31-36-29-10-4-21(33(41)42)16-30(29)37-31/h1-10,15-17,24,39H,11-14,18H2,(H,36,37)(H,41,42). The molecule has 43 heavy (non-hydrogen) atoms. The summed E-state index contributed by atoms with van der Waals surface area (Å²) in [6.07, 6.45) is 0.705. The Morgan fingerprint density at radius 2 is 1.67 bits per heavy atom. The summed E-state index contributed by atoms with van der Waals surface area (Å²) < 4.78 is 21.3. The molecule has 1 saturated heterocycles. The maximum absolute atomic E-state index is 15.3. The van der Waals surface area contributed by atoms with Crippen molar-refractivity contribution in [2.75, 3.05) is 13.1 Å². The van der Waals surface area contributed by atoms with Crippen LogP contribution < -0.4 is 4.74 Å². The summed E-state index contributed by atoms with van der Waals surface area (Å²) in [7, 11) is 0. The van der Waals surface area contributed by atoms with Gasteiger partial charge in [-0.15, -0.1) is 0 Å². The van der Waals surface area contributed by atoms with Gasteiger partial charge in [0.25, 0.3) is 5.91 Å². The van der Waals surface area contributed by atoms with Crippen molar-refractivity contribution < 1.29 is 28.9 Å². The van der Waals surface area contributed by atoms with Gasteiger partial charge < -0.3 is 24.8 Å². The van der Waals surface area contributed by atoms with E-state index in [1.165, 1.54) is 18.2 Å². The third kappa shape index (κ3) is 6.09. The number of carbonyl (C=O) groups is 2. The number of carboxylic acids is 1. The number of nitrogens with zero attached hydrogens (tertiary/aromatic N) is 2. The van der Waals surface area contributed by atoms with E-state index in [-0.39, 0.29) is 41.3 Å². The van der Waals surface area contributed by atoms with Gasteiger partial charge in [-0.2, -0.15) is 0 Å². The van der Waals surface area contributed by atoms with Crippen LogP contribution in [-0.2, 0) is 6.61 Å². The van der Waals surface area contributed by atoms with Crippen molar-refractivity contribution in [2.24, 2.45) is 0 Å². The lowest BCUT2D eigenvalue weighted by Crippen LogP contribution is -2.40. The number of likely N-dealkylation sites (tertiary alicyclic amines) is 1. The van der Waals surface area contributed by atoms with E-state index < -0.39 is 11.8 Å². The maximum Gasteiger partial charge on any atom is 0.335 e. The Labute approximate surface area is 251 Å². The summed E-state index contributed by atoms with van der Waals surface area (Å²) in [5.74, 6) is -1.19. The van der Waals surface area contributed by atoms with Crippen LogP contribution >= 0.6 is 11.6 Å². The van der Waals surface area contributed by atoms with E-state index in [9.17, 15) is 19.8 Å². The first kappa shape index (κ1) is 28.4. The predicted molar refractivity (Wildman–Crippen MR) is 161 cm³/mol. The molecular weight excluding hydrogens is 573 g/mol. The van der Waals surface area contributed by atoms with E-state index in [0.717, 1.165) is 16.7 Å². The second-order valence-electron chi connectivity index (χ2n) is 10.5. The number of aromatic carboxylic acids is 1. The van der Waals surface area contributed by atoms with Gasteiger partial charge in [0.15, 0.2) is 0 Å². The number of imidazole rings is 1. The fraction of sp³-hybridized carbons (Fsp3) is 0.182. The number of halogens is 2. The summed E-state index contributed by atoms with van der Waals surface area (Å²) in [5.41, 5.74) is 4.30. The van der Waals surface area contributed by atoms with Crippen LogP contribution in [0.3, 0.4) is 0 Å². The fourth-order valence-electron chi connectivity index (χ4n) is 5.22. The highest BCUT2D eigenvalue weighted by Gasteiger charge is 2.23. The highest BCUT2D eigenvalue weighted by molar-refractivity contribution is 6.30. The third-order valence-corrected chi connectivity index (χ3v) is 7.83. The number of carbonyl (C=O) groups excluding carboxylic acids is 1. The van der Waals surface area contributed by atoms with Crippen molar-refractivity contribution in [1.29, 1.82) is 0 Å². The summed E-state index contributed by atoms with van der Waals surface area (Å²) >= 11 is 6.10. The molecule has 1 aromatic heterocycles. The number of aromatic nitrogens is 2. The Balaban J connectivity index is 1.25. The summed E-state index contributed by atoms with van der Waals surface area (Å²) in [5, 5.41) is 19.7. The smallest absolute Gasteiger partial charge is 0.335 e. The Hall–Kier alpha value is -4.73. The van der Waals surface area contributed by atoms with Crippen molar-refractivity contribution >= 4 is 34.5 Å². The van der Waals surface area contributed by atoms with Crippen LogP contribution in [0.2, 0.25) is 5.02 Å². The average molecular weight is 600 g/mol. The molecule has 1 amide bonds. The van der Waals surface area contributed by atoms with Crippen molar-refractivity contribution in [1.82, 2.24) is 14.9 Å². The molecule has 8 nitrogen and oxygen atoms in total. The second-order valence-corrected chi connectivity index (χ2v) is 10.9. The SMILES string of the molecule is O=C(O)c1ccc2nc(-c3ccc(OCc4cc(C(=O)N5CCC(O)CC5)ccc4-c4ccc(Cl)cc4)cc3F)[nH]c2c1. The topological polar surface area (TPSA) is 116 Å². The average Bonchev–Trinajstić information content (AvgIpc) is 3.43. The predicted octanol–water partition coefficient (Wildman–Crippen LogP) is 6.56. The van der Waals surface area contributed by atoms with Gasteiger partial charge in [0.1, 0.15) is 24.0 Å². The molecule has 6 rings (SSSR count). The van der Waals surface area contributed by atoms with Crippen LogP contribution in [0.1, 0.15) is 39.1 Å². The number of hydrogen-bond acceptors (Lipinski definition) is 5. The largest absolute Gasteiger partial charge is 0.489 e. The first-order valence-corrected chi connectivity index (χ1v) is 14.1. The first-order valence-electron chi connectivity index (χ1n) is 13.8. The number of nitrogens with one attached hydrogen (secondary N) is 1. The molecule has 0 bridgehead atoms. The number of amides is 1. The van der Waals surface area contributed by atoms with Gasteiger partial charge in [-0.25, -0.2) is 14.2 Å². The molecule has 0 saturated carbocycles. The van der Waals surface area contributed by atoms with Crippen LogP contribution in [0.4, 0.5) is 4.39 Å². The Morgan fingerprint density at radius 3 is 2.40 bits per heavy atom. The number of ether oxygens (including phenoxy) is 1. The molecule has 4 aromatic carbocycles. The number of H-pyrrole nitrogens is 1. The molecule has 1 fully saturated rings. The number of carboxylic acid groups (broad SMARTS) is 1. The van der Waals surface area contributed by atoms with Crippen molar-refractivity contribution in [3.05, 3.63) is 106 Å². The van der Waals surface area contributed by atoms with E-state index in [0.29, 0.717) is 47.6 Å². The minimum atomic E-state index is -1.06. The zero-order valence-electron chi connectivity index (χ0n) is 22.9. The highest BCUT2D eigenvalue weighted by Crippen LogP contribution is 2.30. The molecule has 0 spiro atoms. The number of piperidine rings is 1. The lowest BCUT2D eigenvalue weighted by molar-refractivity contribution is 0.0545. The lowest BCUT2D eigenvalue weighted by atomic mass is 9.97. The van der Waals surface area contributed by atoms with E-state index >= 15 is 4.39 Å². The van der Waals surface area contributed by atoms with Gasteiger partial charge in [0.05, 0.1) is 28.3 Å². The Bertz CT molecular complexity index is 1830. The van der Waals surface area contributed by atoms with E-state index in [1.807, 2.05) is 18.2 Å². The molecular formula is C33H27ClFN3O5. The quantitative estimate of drug-likeness (QED) is 0.195. The van der Waals surface area contributed by atoms with Gasteiger partial charge in [-0.3, -0.25) is 4.79 Å². The molecule has 10 heteroatoms. The zero-order chi connectivity index (χ0) is 30.1. The number of rotatable bonds is 7. The summed E-state index contributed by atoms with van der Waals surface area (Å²) in [6, 6.07) is 21.7. The molecule has 2 heterocycles. The van der Waals surface area contributed by atoms with Gasteiger partial charge in [0, 0.05) is 29.7 Å². The van der Waals surface area contributed by atoms with Crippen LogP contribution in [0.15, 0.2) is 78.9 Å². The van der Waals surface area contributed by atoms with Gasteiger partial charge in [-0.1, -0.05) is 29.8 Å². The molecule has 3 N–H and O–H groups in total. The van der Waals surface area contributed by atoms with Crippen LogP contribution in [0.5, 0.6) is 5.75 Å². The summed E-state index contributed by atoms with van der Waals surface area (Å²) in [6.45, 7) is 1.05. The number of benzene rings is 4. The molecule has 1 aliphatic rings. The van der Waals surface area contributed by atoms with Crippen molar-refractivity contribution in [2.45, 2.75) is 25.6 Å². The van der Waals surface area contributed by atoms with Crippen molar-refractivity contribution in [3.8, 4) is 28.3 Å².